The number of rotatable bonds is 7. The van der Waals surface area contributed by atoms with Gasteiger partial charge < -0.3 is 18.9 Å². The van der Waals surface area contributed by atoms with E-state index in [4.69, 9.17) is 0 Å². The minimum Gasteiger partial charge on any atom is -0.743 e. The summed E-state index contributed by atoms with van der Waals surface area (Å²) >= 11 is 0. The van der Waals surface area contributed by atoms with Crippen molar-refractivity contribution in [1.29, 1.82) is 0 Å². The summed E-state index contributed by atoms with van der Waals surface area (Å²) in [5.74, 6) is -10.4. The van der Waals surface area contributed by atoms with E-state index in [2.05, 4.69) is 16.1 Å². The Morgan fingerprint density at radius 3 is 1.84 bits per heavy atom. The molecule has 0 aromatic carbocycles. The van der Waals surface area contributed by atoms with Crippen LogP contribution in [0.1, 0.15) is 19.3 Å². The number of nitrogens with zero attached hydrogens (tertiary/aromatic N) is 1. The molecule has 180 valence electrons. The molecule has 0 aromatic rings. The van der Waals surface area contributed by atoms with Gasteiger partial charge in [0.05, 0.1) is 0 Å². The van der Waals surface area contributed by atoms with Gasteiger partial charge in [-0.15, -0.1) is 0 Å². The third-order valence-electron chi connectivity index (χ3n) is 3.93. The van der Waals surface area contributed by atoms with Gasteiger partial charge in [-0.1, -0.05) is 6.58 Å². The lowest BCUT2D eigenvalue weighted by Gasteiger charge is -2.39. The van der Waals surface area contributed by atoms with E-state index in [-0.39, 0.29) is 12.8 Å². The second-order valence-electron chi connectivity index (χ2n) is 6.21. The molecular formula is C14H14F8NO7S-. The molecule has 1 aliphatic heterocycles. The number of hydrogen-bond donors (Lipinski definition) is 0. The van der Waals surface area contributed by atoms with Crippen LogP contribution in [-0.2, 0) is 29.2 Å². The SMILES string of the molecule is C=C(C(=O)OC(OCC(F)(F)S(=O)(=O)[O-])(C(=O)N1CCCCC1)C(F)(F)F)C(F)(F)F. The van der Waals surface area contributed by atoms with Crippen LogP contribution in [0.5, 0.6) is 0 Å². The van der Waals surface area contributed by atoms with Crippen molar-refractivity contribution in [3.63, 3.8) is 0 Å². The number of esters is 1. The monoisotopic (exact) mass is 492 g/mol. The molecule has 1 heterocycles. The molecular weight excluding hydrogens is 478 g/mol. The van der Waals surface area contributed by atoms with Crippen molar-refractivity contribution in [2.75, 3.05) is 19.7 Å². The van der Waals surface area contributed by atoms with Gasteiger partial charge in [0.2, 0.25) is 0 Å². The van der Waals surface area contributed by atoms with Crippen LogP contribution in [0.4, 0.5) is 35.1 Å². The molecule has 31 heavy (non-hydrogen) atoms. The maximum atomic E-state index is 13.7. The van der Waals surface area contributed by atoms with Gasteiger partial charge in [-0.2, -0.15) is 35.1 Å². The molecule has 0 bridgehead atoms. The lowest BCUT2D eigenvalue weighted by Crippen LogP contribution is -2.64. The van der Waals surface area contributed by atoms with E-state index in [9.17, 15) is 57.7 Å². The molecule has 0 radical (unpaired) electrons. The molecule has 1 atom stereocenters. The molecule has 1 amide bonds. The average molecular weight is 492 g/mol. The normalized spacial score (nSPS) is 18.3. The lowest BCUT2D eigenvalue weighted by atomic mass is 10.1. The Kier molecular flexibility index (Phi) is 7.72. The van der Waals surface area contributed by atoms with Gasteiger partial charge >= 0.3 is 35.3 Å². The fourth-order valence-electron chi connectivity index (χ4n) is 2.27. The number of piperidine rings is 1. The highest BCUT2D eigenvalue weighted by Gasteiger charge is 2.69. The molecule has 0 aliphatic carbocycles. The first kappa shape index (κ1) is 27.0. The van der Waals surface area contributed by atoms with Crippen LogP contribution in [-0.4, -0.2) is 72.8 Å². The Morgan fingerprint density at radius 2 is 1.45 bits per heavy atom. The largest absolute Gasteiger partial charge is 0.743 e. The van der Waals surface area contributed by atoms with E-state index in [1.54, 1.807) is 0 Å². The Balaban J connectivity index is 3.49. The van der Waals surface area contributed by atoms with Gasteiger partial charge in [0.15, 0.2) is 10.1 Å². The third kappa shape index (κ3) is 6.03. The topological polar surface area (TPSA) is 113 Å². The molecule has 1 saturated heterocycles. The highest BCUT2D eigenvalue weighted by molar-refractivity contribution is 7.86. The standard InChI is InChI=1S/C14H15F8NO7S/c1-8(13(17,18)19)9(24)30-12(14(20,21)22,10(25)23-5-3-2-4-6-23)29-7-11(15,16)31(26,27)28/h1-7H2,(H,26,27,28)/p-1. The predicted molar refractivity (Wildman–Crippen MR) is 81.1 cm³/mol. The van der Waals surface area contributed by atoms with Crippen molar-refractivity contribution >= 4 is 22.0 Å². The zero-order valence-electron chi connectivity index (χ0n) is 15.2. The molecule has 1 unspecified atom stereocenters. The summed E-state index contributed by atoms with van der Waals surface area (Å²) in [4.78, 5) is 24.4. The Morgan fingerprint density at radius 1 is 0.968 bits per heavy atom. The van der Waals surface area contributed by atoms with Crippen molar-refractivity contribution in [3.8, 4) is 0 Å². The Hall–Kier alpha value is -2.01. The summed E-state index contributed by atoms with van der Waals surface area (Å²) in [5, 5.41) is -5.56. The second-order valence-corrected chi connectivity index (χ2v) is 7.72. The lowest BCUT2D eigenvalue weighted by molar-refractivity contribution is -0.356. The first-order valence-electron chi connectivity index (χ1n) is 8.09. The number of likely N-dealkylation sites (tertiary alicyclic amines) is 1. The number of carbonyl (C=O) groups is 2. The second kappa shape index (κ2) is 8.85. The predicted octanol–water partition coefficient (Wildman–Crippen LogP) is 2.07. The summed E-state index contributed by atoms with van der Waals surface area (Å²) in [7, 11) is -6.63. The van der Waals surface area contributed by atoms with Gasteiger partial charge in [0.25, 0.3) is 0 Å². The van der Waals surface area contributed by atoms with Crippen molar-refractivity contribution in [2.45, 2.75) is 42.7 Å². The number of hydrogen-bond acceptors (Lipinski definition) is 7. The van der Waals surface area contributed by atoms with Gasteiger partial charge in [0.1, 0.15) is 12.2 Å². The molecule has 1 rings (SSSR count). The quantitative estimate of drug-likeness (QED) is 0.176. The number of carbonyl (C=O) groups excluding carboxylic acids is 2. The first-order valence-corrected chi connectivity index (χ1v) is 9.50. The highest BCUT2D eigenvalue weighted by atomic mass is 32.2. The summed E-state index contributed by atoms with van der Waals surface area (Å²) < 4.78 is 145. The maximum absolute atomic E-state index is 13.7. The molecule has 8 nitrogen and oxygen atoms in total. The molecule has 0 spiro atoms. The molecule has 0 aromatic heterocycles. The summed E-state index contributed by atoms with van der Waals surface area (Å²) in [6.07, 6.45) is -11.3. The van der Waals surface area contributed by atoms with Gasteiger partial charge in [-0.25, -0.2) is 13.2 Å². The number of alkyl halides is 8. The Labute approximate surface area is 169 Å². The summed E-state index contributed by atoms with van der Waals surface area (Å²) in [6, 6.07) is 0. The number of halogens is 8. The van der Waals surface area contributed by atoms with E-state index < -0.39 is 70.7 Å². The average Bonchev–Trinajstić information content (AvgIpc) is 2.61. The summed E-state index contributed by atoms with van der Waals surface area (Å²) in [5.41, 5.74) is -2.54. The highest BCUT2D eigenvalue weighted by Crippen LogP contribution is 2.40. The Bertz CT molecular complexity index is 818. The van der Waals surface area contributed by atoms with Crippen LogP contribution in [0.15, 0.2) is 12.2 Å². The van der Waals surface area contributed by atoms with E-state index in [0.717, 1.165) is 0 Å². The minimum atomic E-state index is -6.63. The van der Waals surface area contributed by atoms with Crippen molar-refractivity contribution < 1.29 is 67.2 Å². The number of amides is 1. The van der Waals surface area contributed by atoms with Gasteiger partial charge in [0, 0.05) is 13.1 Å². The molecule has 0 saturated carbocycles. The third-order valence-corrected chi connectivity index (χ3v) is 4.78. The first-order chi connectivity index (χ1) is 13.8. The molecule has 1 fully saturated rings. The van der Waals surface area contributed by atoms with Crippen molar-refractivity contribution in [1.82, 2.24) is 4.90 Å². The van der Waals surface area contributed by atoms with Gasteiger partial charge in [-0.3, -0.25) is 4.79 Å². The van der Waals surface area contributed by atoms with Crippen LogP contribution in [0, 0.1) is 0 Å². The van der Waals surface area contributed by atoms with Crippen LogP contribution < -0.4 is 0 Å². The van der Waals surface area contributed by atoms with E-state index >= 15 is 0 Å². The smallest absolute Gasteiger partial charge is 0.466 e. The van der Waals surface area contributed by atoms with Crippen LogP contribution in [0.3, 0.4) is 0 Å². The van der Waals surface area contributed by atoms with Crippen LogP contribution in [0.25, 0.3) is 0 Å². The molecule has 0 N–H and O–H groups in total. The van der Waals surface area contributed by atoms with Crippen molar-refractivity contribution in [3.05, 3.63) is 12.2 Å². The molecule has 17 heteroatoms. The van der Waals surface area contributed by atoms with Crippen LogP contribution >= 0.6 is 0 Å². The fourth-order valence-corrected chi connectivity index (χ4v) is 2.47. The minimum absolute atomic E-state index is 0.105. The van der Waals surface area contributed by atoms with Crippen molar-refractivity contribution in [2.24, 2.45) is 0 Å². The van der Waals surface area contributed by atoms with Crippen LogP contribution in [0.2, 0.25) is 0 Å². The van der Waals surface area contributed by atoms with Gasteiger partial charge in [-0.05, 0) is 19.3 Å². The van der Waals surface area contributed by atoms with E-state index in [1.807, 2.05) is 0 Å². The zero-order valence-corrected chi connectivity index (χ0v) is 16.0. The zero-order chi connectivity index (χ0) is 24.5. The fraction of sp³-hybridized carbons (Fsp3) is 0.714. The van der Waals surface area contributed by atoms with E-state index in [0.29, 0.717) is 11.3 Å². The maximum Gasteiger partial charge on any atom is 0.466 e. The van der Waals surface area contributed by atoms with E-state index in [1.165, 1.54) is 0 Å². The molecule has 1 aliphatic rings. The number of ether oxygens (including phenoxy) is 2. The summed E-state index contributed by atoms with van der Waals surface area (Å²) in [6.45, 7) is -1.66.